The number of unbranched alkanes of at least 4 members (excludes halogenated alkanes) is 2. The molecule has 0 saturated heterocycles. The van der Waals surface area contributed by atoms with E-state index in [0.29, 0.717) is 13.0 Å². The Labute approximate surface area is 277 Å². The number of fused-ring (bicyclic) bond motifs is 1. The second-order valence-electron chi connectivity index (χ2n) is 14.6. The van der Waals surface area contributed by atoms with Gasteiger partial charge in [-0.3, -0.25) is 14.6 Å². The maximum absolute atomic E-state index is 13.5. The number of carbonyl (C=O) groups is 4. The van der Waals surface area contributed by atoms with Crippen LogP contribution >= 0.6 is 0 Å². The summed E-state index contributed by atoms with van der Waals surface area (Å²) in [4.78, 5) is 55.9. The molecule has 3 unspecified atom stereocenters. The van der Waals surface area contributed by atoms with E-state index in [1.807, 2.05) is 54.6 Å². The molecule has 5 atom stereocenters. The first kappa shape index (κ1) is 33.0. The number of aliphatic carboxylic acids is 1. The molecule has 4 saturated carbocycles. The Bertz CT molecular complexity index is 1360. The highest BCUT2D eigenvalue weighted by Crippen LogP contribution is 2.55. The molecule has 7 rings (SSSR count). The molecule has 4 fully saturated rings. The molecule has 5 N–H and O–H groups in total. The number of benzene rings is 1. The molecule has 1 aromatic rings. The first-order chi connectivity index (χ1) is 22.7. The Balaban J connectivity index is 0.941. The van der Waals surface area contributed by atoms with Crippen molar-refractivity contribution in [2.75, 3.05) is 6.54 Å². The fourth-order valence-corrected chi connectivity index (χ4v) is 9.11. The van der Waals surface area contributed by atoms with E-state index in [-0.39, 0.29) is 54.6 Å². The van der Waals surface area contributed by atoms with Gasteiger partial charge in [-0.15, -0.1) is 0 Å². The Morgan fingerprint density at radius 1 is 0.872 bits per heavy atom. The van der Waals surface area contributed by atoms with E-state index < -0.39 is 24.0 Å². The highest BCUT2D eigenvalue weighted by atomic mass is 16.4. The Kier molecular flexibility index (Phi) is 10.4. The summed E-state index contributed by atoms with van der Waals surface area (Å²) in [7, 11) is 0. The van der Waals surface area contributed by atoms with Crippen molar-refractivity contribution in [3.8, 4) is 0 Å². The molecule has 47 heavy (non-hydrogen) atoms. The van der Waals surface area contributed by atoms with Gasteiger partial charge in [-0.1, -0.05) is 61.1 Å². The van der Waals surface area contributed by atoms with Crippen LogP contribution in [0.3, 0.4) is 0 Å². The van der Waals surface area contributed by atoms with Gasteiger partial charge in [0.05, 0.1) is 6.04 Å². The summed E-state index contributed by atoms with van der Waals surface area (Å²) >= 11 is 0. The van der Waals surface area contributed by atoms with E-state index >= 15 is 0 Å². The number of carbonyl (C=O) groups excluding carboxylic acids is 3. The van der Waals surface area contributed by atoms with Crippen LogP contribution in [-0.4, -0.2) is 65.3 Å². The van der Waals surface area contributed by atoms with Gasteiger partial charge in [-0.2, -0.15) is 0 Å². The lowest BCUT2D eigenvalue weighted by molar-refractivity contribution is -0.142. The summed E-state index contributed by atoms with van der Waals surface area (Å²) in [6.07, 6.45) is 19.9. The molecule has 4 bridgehead atoms. The first-order valence-corrected chi connectivity index (χ1v) is 17.6. The minimum Gasteiger partial charge on any atom is -0.480 e. The average Bonchev–Trinajstić information content (AvgIpc) is 3.44. The molecular weight excluding hydrogens is 594 g/mol. The minimum atomic E-state index is -1.12. The zero-order chi connectivity index (χ0) is 32.8. The van der Waals surface area contributed by atoms with Gasteiger partial charge in [0.1, 0.15) is 12.1 Å². The maximum Gasteiger partial charge on any atom is 0.326 e. The Morgan fingerprint density at radius 2 is 1.57 bits per heavy atom. The average molecular weight is 644 g/mol. The highest BCUT2D eigenvalue weighted by Gasteiger charge is 2.51. The molecule has 10 nitrogen and oxygen atoms in total. The smallest absolute Gasteiger partial charge is 0.326 e. The van der Waals surface area contributed by atoms with Crippen molar-refractivity contribution in [1.82, 2.24) is 21.3 Å². The van der Waals surface area contributed by atoms with Crippen molar-refractivity contribution in [3.63, 3.8) is 0 Å². The number of urea groups is 1. The third kappa shape index (κ3) is 8.51. The van der Waals surface area contributed by atoms with Crippen molar-refractivity contribution in [2.45, 2.75) is 101 Å². The number of allylic oxidation sites excluding steroid dienone is 2. The number of aliphatic imine (C=N–C) groups is 1. The quantitative estimate of drug-likeness (QED) is 0.181. The summed E-state index contributed by atoms with van der Waals surface area (Å²) in [5.41, 5.74) is 0.852. The molecule has 10 heteroatoms. The second-order valence-corrected chi connectivity index (χ2v) is 14.6. The zero-order valence-electron chi connectivity index (χ0n) is 27.1. The fourth-order valence-electron chi connectivity index (χ4n) is 9.11. The minimum absolute atomic E-state index is 0.000349. The van der Waals surface area contributed by atoms with Gasteiger partial charge >= 0.3 is 12.0 Å². The topological polar surface area (TPSA) is 149 Å². The van der Waals surface area contributed by atoms with Gasteiger partial charge in [-0.25, -0.2) is 9.59 Å². The third-order valence-corrected chi connectivity index (χ3v) is 10.9. The number of hydrogen-bond acceptors (Lipinski definition) is 5. The molecule has 0 radical (unpaired) electrons. The van der Waals surface area contributed by atoms with E-state index in [1.54, 1.807) is 6.21 Å². The van der Waals surface area contributed by atoms with Crippen LogP contribution in [0.2, 0.25) is 0 Å². The van der Waals surface area contributed by atoms with Crippen LogP contribution in [0.1, 0.15) is 76.2 Å². The molecule has 6 aliphatic rings. The molecule has 0 spiro atoms. The SMILES string of the molecule is O=C(CCCCCNC(=O)NC12CC3CC(CC(C3)C1)C2)N[C@@H](Cc1ccccc1)C(=O)N[C@@H](CC1C=NC2C=CC=CC12)C(=O)O. The van der Waals surface area contributed by atoms with E-state index in [2.05, 4.69) is 26.3 Å². The Morgan fingerprint density at radius 3 is 2.28 bits per heavy atom. The van der Waals surface area contributed by atoms with E-state index in [4.69, 9.17) is 0 Å². The molecule has 1 aliphatic heterocycles. The summed E-state index contributed by atoms with van der Waals surface area (Å²) < 4.78 is 0. The molecule has 4 amide bonds. The maximum atomic E-state index is 13.5. The van der Waals surface area contributed by atoms with Gasteiger partial charge in [-0.05, 0) is 81.1 Å². The highest BCUT2D eigenvalue weighted by molar-refractivity contribution is 5.90. The monoisotopic (exact) mass is 643 g/mol. The lowest BCUT2D eigenvalue weighted by Gasteiger charge is -2.56. The lowest BCUT2D eigenvalue weighted by atomic mass is 9.53. The standard InChI is InChI=1S/C37H49N5O5/c43-33(13-5-2-8-14-38-36(47)42-37-20-25-15-26(21-37)17-27(16-25)22-37)40-31(18-24-9-3-1-4-10-24)34(44)41-32(35(45)46)19-28-23-39-30-12-7-6-11-29(28)30/h1,3-4,6-7,9-12,23,25-32H,2,5,8,13-22H2,(H,40,43)(H,41,44)(H,45,46)(H2,38,42,47)/t25?,26?,27?,28?,29?,30?,31-,32-,37?/m0/s1. The van der Waals surface area contributed by atoms with Gasteiger partial charge in [0.2, 0.25) is 11.8 Å². The van der Waals surface area contributed by atoms with Crippen LogP contribution in [-0.2, 0) is 20.8 Å². The van der Waals surface area contributed by atoms with Gasteiger partial charge in [0.15, 0.2) is 0 Å². The van der Waals surface area contributed by atoms with E-state index in [0.717, 1.165) is 55.4 Å². The summed E-state index contributed by atoms with van der Waals surface area (Å²) in [6, 6.07) is 7.27. The number of nitrogens with zero attached hydrogens (tertiary/aromatic N) is 1. The zero-order valence-corrected chi connectivity index (χ0v) is 27.1. The molecule has 0 aromatic heterocycles. The Hall–Kier alpha value is -3.95. The lowest BCUT2D eigenvalue weighted by Crippen LogP contribution is -2.61. The summed E-state index contributed by atoms with van der Waals surface area (Å²) in [5, 5.41) is 21.9. The molecule has 5 aliphatic carbocycles. The van der Waals surface area contributed by atoms with Crippen LogP contribution in [0.5, 0.6) is 0 Å². The second kappa shape index (κ2) is 14.9. The van der Waals surface area contributed by atoms with Crippen molar-refractivity contribution in [1.29, 1.82) is 0 Å². The van der Waals surface area contributed by atoms with Crippen LogP contribution < -0.4 is 21.3 Å². The van der Waals surface area contributed by atoms with Crippen molar-refractivity contribution < 1.29 is 24.3 Å². The molecule has 252 valence electrons. The van der Waals surface area contributed by atoms with Crippen LogP contribution in [0.25, 0.3) is 0 Å². The fraction of sp³-hybridized carbons (Fsp3) is 0.595. The summed E-state index contributed by atoms with van der Waals surface area (Å²) in [6.45, 7) is 0.550. The predicted octanol–water partition coefficient (Wildman–Crippen LogP) is 4.31. The van der Waals surface area contributed by atoms with Crippen LogP contribution in [0.4, 0.5) is 4.79 Å². The number of nitrogens with one attached hydrogen (secondary N) is 4. The number of hydrogen-bond donors (Lipinski definition) is 5. The van der Waals surface area contributed by atoms with Crippen molar-refractivity contribution >= 4 is 30.0 Å². The van der Waals surface area contributed by atoms with Gasteiger partial charge in [0, 0.05) is 43.0 Å². The normalized spacial score (nSPS) is 30.7. The third-order valence-electron chi connectivity index (χ3n) is 10.9. The van der Waals surface area contributed by atoms with E-state index in [1.165, 1.54) is 19.3 Å². The number of rotatable bonds is 15. The molecular formula is C37H49N5O5. The van der Waals surface area contributed by atoms with Gasteiger partial charge < -0.3 is 26.4 Å². The van der Waals surface area contributed by atoms with E-state index in [9.17, 15) is 24.3 Å². The van der Waals surface area contributed by atoms with Crippen molar-refractivity contribution in [2.24, 2.45) is 34.6 Å². The summed E-state index contributed by atoms with van der Waals surface area (Å²) in [5.74, 6) is 0.395. The molecule has 1 aromatic carbocycles. The number of carboxylic acids is 1. The molecule has 1 heterocycles. The van der Waals surface area contributed by atoms with Crippen LogP contribution in [0, 0.1) is 29.6 Å². The van der Waals surface area contributed by atoms with Crippen molar-refractivity contribution in [3.05, 3.63) is 60.2 Å². The number of carboxylic acid groups (broad SMARTS) is 1. The predicted molar refractivity (Wildman–Crippen MR) is 180 cm³/mol. The number of amides is 4. The van der Waals surface area contributed by atoms with Gasteiger partial charge in [0.25, 0.3) is 0 Å². The first-order valence-electron chi connectivity index (χ1n) is 17.6. The largest absolute Gasteiger partial charge is 0.480 e. The van der Waals surface area contributed by atoms with Crippen LogP contribution in [0.15, 0.2) is 59.6 Å².